The first-order valence-corrected chi connectivity index (χ1v) is 9.06. The molecule has 1 aromatic carbocycles. The smallest absolute Gasteiger partial charge is 0.335 e. The first kappa shape index (κ1) is 16.9. The molecule has 1 fully saturated rings. The lowest BCUT2D eigenvalue weighted by atomic mass is 9.91. The van der Waals surface area contributed by atoms with E-state index in [-0.39, 0.29) is 18.7 Å². The average Bonchev–Trinajstić information content (AvgIpc) is 2.99. The van der Waals surface area contributed by atoms with Crippen LogP contribution in [0.4, 0.5) is 0 Å². The summed E-state index contributed by atoms with van der Waals surface area (Å²) >= 11 is 1.72. The summed E-state index contributed by atoms with van der Waals surface area (Å²) in [5.74, 6) is -1.15. The maximum Gasteiger partial charge on any atom is 0.335 e. The van der Waals surface area contributed by atoms with Crippen LogP contribution in [0.25, 0.3) is 10.1 Å². The first-order chi connectivity index (χ1) is 11.5. The standard InChI is InChI=1S/C18H21NO4S/c20-16(19-10-8-18(23,9-11-19)17(21)22)7-3-4-13-12-24-15-6-2-1-5-14(13)15/h1-2,5-6,12,23H,3-4,7-11H2,(H,21,22). The number of carbonyl (C=O) groups is 2. The Kier molecular flexibility index (Phi) is 4.87. The molecule has 0 bridgehead atoms. The van der Waals surface area contributed by atoms with Crippen molar-refractivity contribution in [3.63, 3.8) is 0 Å². The number of fused-ring (bicyclic) bond motifs is 1. The molecule has 5 nitrogen and oxygen atoms in total. The van der Waals surface area contributed by atoms with Crippen LogP contribution in [0, 0.1) is 0 Å². The quantitative estimate of drug-likeness (QED) is 0.872. The third kappa shape index (κ3) is 3.44. The van der Waals surface area contributed by atoms with Crippen molar-refractivity contribution < 1.29 is 19.8 Å². The van der Waals surface area contributed by atoms with Crippen molar-refractivity contribution in [2.75, 3.05) is 13.1 Å². The third-order valence-electron chi connectivity index (χ3n) is 4.74. The van der Waals surface area contributed by atoms with Crippen molar-refractivity contribution in [2.45, 2.75) is 37.7 Å². The molecule has 2 aromatic rings. The molecule has 1 aromatic heterocycles. The number of hydrogen-bond acceptors (Lipinski definition) is 4. The van der Waals surface area contributed by atoms with E-state index in [0.717, 1.165) is 12.8 Å². The number of benzene rings is 1. The summed E-state index contributed by atoms with van der Waals surface area (Å²) in [4.78, 5) is 25.0. The van der Waals surface area contributed by atoms with Gasteiger partial charge in [-0.2, -0.15) is 0 Å². The maximum atomic E-state index is 12.3. The highest BCUT2D eigenvalue weighted by Gasteiger charge is 2.40. The summed E-state index contributed by atoms with van der Waals surface area (Å²) in [7, 11) is 0. The molecule has 0 atom stereocenters. The number of likely N-dealkylation sites (tertiary alicyclic amines) is 1. The number of piperidine rings is 1. The van der Waals surface area contributed by atoms with E-state index in [0.29, 0.717) is 19.5 Å². The second-order valence-corrected chi connectivity index (χ2v) is 7.24. The van der Waals surface area contributed by atoms with Crippen molar-refractivity contribution in [3.8, 4) is 0 Å². The van der Waals surface area contributed by atoms with Crippen molar-refractivity contribution >= 4 is 33.3 Å². The first-order valence-electron chi connectivity index (χ1n) is 8.18. The summed E-state index contributed by atoms with van der Waals surface area (Å²) in [6.07, 6.45) is 2.30. The molecule has 0 saturated carbocycles. The molecule has 0 aliphatic carbocycles. The number of aliphatic carboxylic acids is 1. The Balaban J connectivity index is 1.49. The summed E-state index contributed by atoms with van der Waals surface area (Å²) in [5, 5.41) is 22.3. The zero-order valence-electron chi connectivity index (χ0n) is 13.4. The van der Waals surface area contributed by atoms with Gasteiger partial charge in [0, 0.05) is 37.1 Å². The predicted octanol–water partition coefficient (Wildman–Crippen LogP) is 2.66. The van der Waals surface area contributed by atoms with Gasteiger partial charge in [-0.25, -0.2) is 4.79 Å². The van der Waals surface area contributed by atoms with E-state index in [9.17, 15) is 14.7 Å². The molecule has 1 aliphatic rings. The highest BCUT2D eigenvalue weighted by molar-refractivity contribution is 7.17. The Morgan fingerprint density at radius 1 is 1.21 bits per heavy atom. The topological polar surface area (TPSA) is 77.8 Å². The van der Waals surface area contributed by atoms with Crippen LogP contribution in [-0.2, 0) is 16.0 Å². The zero-order chi connectivity index (χ0) is 17.2. The van der Waals surface area contributed by atoms with E-state index in [1.54, 1.807) is 16.2 Å². The summed E-state index contributed by atoms with van der Waals surface area (Å²) < 4.78 is 1.27. The molecule has 1 aliphatic heterocycles. The highest BCUT2D eigenvalue weighted by Crippen LogP contribution is 2.27. The minimum absolute atomic E-state index is 0.0435. The van der Waals surface area contributed by atoms with Gasteiger partial charge in [0.25, 0.3) is 0 Å². The molecule has 6 heteroatoms. The van der Waals surface area contributed by atoms with Gasteiger partial charge in [0.15, 0.2) is 5.60 Å². The zero-order valence-corrected chi connectivity index (χ0v) is 14.2. The number of thiophene rings is 1. The van der Waals surface area contributed by atoms with Crippen LogP contribution < -0.4 is 0 Å². The molecule has 128 valence electrons. The molecule has 0 radical (unpaired) electrons. The van der Waals surface area contributed by atoms with Crippen LogP contribution in [0.1, 0.15) is 31.2 Å². The van der Waals surface area contributed by atoms with Crippen LogP contribution in [0.5, 0.6) is 0 Å². The number of aryl methyl sites for hydroxylation is 1. The van der Waals surface area contributed by atoms with Gasteiger partial charge >= 0.3 is 5.97 Å². The van der Waals surface area contributed by atoms with Crippen LogP contribution in [0.3, 0.4) is 0 Å². The fourth-order valence-electron chi connectivity index (χ4n) is 3.15. The molecule has 2 N–H and O–H groups in total. The van der Waals surface area contributed by atoms with Crippen LogP contribution in [-0.4, -0.2) is 45.7 Å². The molecule has 1 saturated heterocycles. The van der Waals surface area contributed by atoms with E-state index >= 15 is 0 Å². The van der Waals surface area contributed by atoms with E-state index in [4.69, 9.17) is 5.11 Å². The number of amides is 1. The molecule has 1 amide bonds. The second-order valence-electron chi connectivity index (χ2n) is 6.33. The van der Waals surface area contributed by atoms with E-state index in [2.05, 4.69) is 17.5 Å². The number of aliphatic hydroxyl groups is 1. The SMILES string of the molecule is O=C(CCCc1csc2ccccc12)N1CCC(O)(C(=O)O)CC1. The van der Waals surface area contributed by atoms with Gasteiger partial charge in [-0.3, -0.25) is 4.79 Å². The summed E-state index contributed by atoms with van der Waals surface area (Å²) in [6.45, 7) is 0.617. The van der Waals surface area contributed by atoms with Gasteiger partial charge in [0.1, 0.15) is 0 Å². The van der Waals surface area contributed by atoms with Gasteiger partial charge in [0.2, 0.25) is 5.91 Å². The number of carboxylic acid groups (broad SMARTS) is 1. The van der Waals surface area contributed by atoms with Crippen LogP contribution in [0.15, 0.2) is 29.6 Å². The van der Waals surface area contributed by atoms with Crippen molar-refractivity contribution in [1.82, 2.24) is 4.90 Å². The predicted molar refractivity (Wildman–Crippen MR) is 93.2 cm³/mol. The lowest BCUT2D eigenvalue weighted by Gasteiger charge is -2.35. The maximum absolute atomic E-state index is 12.3. The number of rotatable bonds is 5. The lowest BCUT2D eigenvalue weighted by Crippen LogP contribution is -2.50. The number of hydrogen-bond donors (Lipinski definition) is 2. The van der Waals surface area contributed by atoms with E-state index in [1.165, 1.54) is 15.6 Å². The summed E-state index contributed by atoms with van der Waals surface area (Å²) in [6, 6.07) is 8.27. The van der Waals surface area contributed by atoms with Gasteiger partial charge in [-0.1, -0.05) is 18.2 Å². The minimum Gasteiger partial charge on any atom is -0.479 e. The third-order valence-corrected chi connectivity index (χ3v) is 5.75. The normalized spacial score (nSPS) is 17.1. The molecule has 0 unspecified atom stereocenters. The molecular formula is C18H21NO4S. The van der Waals surface area contributed by atoms with E-state index < -0.39 is 11.6 Å². The molecule has 24 heavy (non-hydrogen) atoms. The van der Waals surface area contributed by atoms with Gasteiger partial charge in [-0.15, -0.1) is 11.3 Å². The Morgan fingerprint density at radius 3 is 2.62 bits per heavy atom. The Hall–Kier alpha value is -1.92. The number of carbonyl (C=O) groups excluding carboxylic acids is 1. The molecule has 3 rings (SSSR count). The van der Waals surface area contributed by atoms with Crippen LogP contribution >= 0.6 is 11.3 Å². The second kappa shape index (κ2) is 6.91. The number of carboxylic acids is 1. The Morgan fingerprint density at radius 2 is 1.92 bits per heavy atom. The average molecular weight is 347 g/mol. The molecule has 0 spiro atoms. The molecule has 2 heterocycles. The fraction of sp³-hybridized carbons (Fsp3) is 0.444. The minimum atomic E-state index is -1.67. The lowest BCUT2D eigenvalue weighted by molar-refractivity contribution is -0.165. The van der Waals surface area contributed by atoms with Gasteiger partial charge < -0.3 is 15.1 Å². The van der Waals surface area contributed by atoms with Gasteiger partial charge in [-0.05, 0) is 35.2 Å². The Bertz CT molecular complexity index is 746. The molecular weight excluding hydrogens is 326 g/mol. The van der Waals surface area contributed by atoms with E-state index in [1.807, 2.05) is 12.1 Å². The van der Waals surface area contributed by atoms with Crippen LogP contribution in [0.2, 0.25) is 0 Å². The fourth-order valence-corrected chi connectivity index (χ4v) is 4.15. The monoisotopic (exact) mass is 347 g/mol. The highest BCUT2D eigenvalue weighted by atomic mass is 32.1. The summed E-state index contributed by atoms with van der Waals surface area (Å²) in [5.41, 5.74) is -0.394. The van der Waals surface area contributed by atoms with Crippen molar-refractivity contribution in [1.29, 1.82) is 0 Å². The van der Waals surface area contributed by atoms with Gasteiger partial charge in [0.05, 0.1) is 0 Å². The largest absolute Gasteiger partial charge is 0.479 e. The number of nitrogens with zero attached hydrogens (tertiary/aromatic N) is 1. The van der Waals surface area contributed by atoms with Crippen molar-refractivity contribution in [2.24, 2.45) is 0 Å². The van der Waals surface area contributed by atoms with Crippen molar-refractivity contribution in [3.05, 3.63) is 35.2 Å². The Labute approximate surface area is 144 Å².